The van der Waals surface area contributed by atoms with Crippen molar-refractivity contribution < 1.29 is 18.3 Å². The van der Waals surface area contributed by atoms with E-state index in [4.69, 9.17) is 9.84 Å². The fraction of sp³-hybridized carbons (Fsp3) is 0.455. The van der Waals surface area contributed by atoms with E-state index in [1.54, 1.807) is 12.1 Å². The van der Waals surface area contributed by atoms with Gasteiger partial charge in [0.1, 0.15) is 5.75 Å². The first-order valence-electron chi connectivity index (χ1n) is 5.30. The van der Waals surface area contributed by atoms with Gasteiger partial charge in [0.2, 0.25) is 10.0 Å². The molecule has 2 rings (SSSR count). The predicted molar refractivity (Wildman–Crippen MR) is 62.4 cm³/mol. The Morgan fingerprint density at radius 1 is 1.47 bits per heavy atom. The standard InChI is InChI=1S/C11H15NO4S/c1-16-9-3-2-4-10(7-9)17(14,15)12-11(8-13)5-6-11/h2-4,7,12-13H,5-6,8H2,1H3. The quantitative estimate of drug-likeness (QED) is 0.805. The fourth-order valence-corrected chi connectivity index (χ4v) is 3.04. The molecule has 1 aliphatic rings. The maximum absolute atomic E-state index is 12.0. The van der Waals surface area contributed by atoms with Gasteiger partial charge in [0.05, 0.1) is 24.2 Å². The summed E-state index contributed by atoms with van der Waals surface area (Å²) in [6.07, 6.45) is 1.35. The van der Waals surface area contributed by atoms with Crippen LogP contribution in [0.4, 0.5) is 0 Å². The van der Waals surface area contributed by atoms with Crippen LogP contribution < -0.4 is 9.46 Å². The first kappa shape index (κ1) is 12.3. The molecular formula is C11H15NO4S. The second-order valence-electron chi connectivity index (χ2n) is 4.22. The van der Waals surface area contributed by atoms with E-state index in [2.05, 4.69) is 4.72 Å². The van der Waals surface area contributed by atoms with E-state index >= 15 is 0 Å². The highest BCUT2D eigenvalue weighted by atomic mass is 32.2. The molecule has 0 amide bonds. The summed E-state index contributed by atoms with van der Waals surface area (Å²) in [7, 11) is -2.11. The van der Waals surface area contributed by atoms with Crippen LogP contribution in [0, 0.1) is 0 Å². The smallest absolute Gasteiger partial charge is 0.241 e. The number of aliphatic hydroxyl groups is 1. The fourth-order valence-electron chi connectivity index (χ4n) is 1.56. The van der Waals surface area contributed by atoms with Gasteiger partial charge < -0.3 is 9.84 Å². The Bertz CT molecular complexity index is 508. The summed E-state index contributed by atoms with van der Waals surface area (Å²) in [4.78, 5) is 0.150. The van der Waals surface area contributed by atoms with Gasteiger partial charge in [-0.1, -0.05) is 6.07 Å². The average Bonchev–Trinajstić information content (AvgIpc) is 3.09. The molecule has 1 aromatic carbocycles. The van der Waals surface area contributed by atoms with E-state index in [9.17, 15) is 8.42 Å². The summed E-state index contributed by atoms with van der Waals surface area (Å²) in [6.45, 7) is -0.170. The van der Waals surface area contributed by atoms with Gasteiger partial charge in [-0.15, -0.1) is 0 Å². The summed E-state index contributed by atoms with van der Waals surface area (Å²) in [5.41, 5.74) is -0.651. The minimum absolute atomic E-state index is 0.150. The molecule has 5 nitrogen and oxygen atoms in total. The lowest BCUT2D eigenvalue weighted by molar-refractivity contribution is 0.246. The number of rotatable bonds is 5. The van der Waals surface area contributed by atoms with Crippen LogP contribution in [0.25, 0.3) is 0 Å². The van der Waals surface area contributed by atoms with Gasteiger partial charge >= 0.3 is 0 Å². The van der Waals surface area contributed by atoms with Gasteiger partial charge in [-0.2, -0.15) is 0 Å². The second kappa shape index (κ2) is 4.29. The number of sulfonamides is 1. The number of hydrogen-bond donors (Lipinski definition) is 2. The van der Waals surface area contributed by atoms with Gasteiger partial charge in [0.15, 0.2) is 0 Å². The monoisotopic (exact) mass is 257 g/mol. The van der Waals surface area contributed by atoms with Crippen LogP contribution in [0.5, 0.6) is 5.75 Å². The van der Waals surface area contributed by atoms with Crippen molar-refractivity contribution in [2.24, 2.45) is 0 Å². The number of aliphatic hydroxyl groups excluding tert-OH is 1. The maximum Gasteiger partial charge on any atom is 0.241 e. The highest BCUT2D eigenvalue weighted by Gasteiger charge is 2.45. The Balaban J connectivity index is 2.25. The van der Waals surface area contributed by atoms with Gasteiger partial charge in [0.25, 0.3) is 0 Å². The Kier molecular flexibility index (Phi) is 3.11. The van der Waals surface area contributed by atoms with Gasteiger partial charge in [-0.25, -0.2) is 13.1 Å². The number of ether oxygens (including phenoxy) is 1. The Labute approximate surface area is 100 Å². The molecule has 0 heterocycles. The molecule has 0 unspecified atom stereocenters. The first-order valence-corrected chi connectivity index (χ1v) is 6.79. The van der Waals surface area contributed by atoms with Crippen molar-refractivity contribution in [1.82, 2.24) is 4.72 Å². The summed E-state index contributed by atoms with van der Waals surface area (Å²) in [6, 6.07) is 6.25. The molecule has 0 saturated heterocycles. The van der Waals surface area contributed by atoms with E-state index in [1.807, 2.05) is 0 Å². The molecule has 6 heteroatoms. The molecule has 0 bridgehead atoms. The van der Waals surface area contributed by atoms with Crippen LogP contribution in [0.1, 0.15) is 12.8 Å². The molecule has 0 atom stereocenters. The lowest BCUT2D eigenvalue weighted by atomic mass is 10.3. The summed E-state index contributed by atoms with van der Waals surface area (Å²) >= 11 is 0. The zero-order valence-corrected chi connectivity index (χ0v) is 10.3. The van der Waals surface area contributed by atoms with Crippen molar-refractivity contribution >= 4 is 10.0 Å². The van der Waals surface area contributed by atoms with Crippen LogP contribution in [0.3, 0.4) is 0 Å². The molecule has 0 radical (unpaired) electrons. The Hall–Kier alpha value is -1.11. The van der Waals surface area contributed by atoms with Gasteiger partial charge in [0, 0.05) is 6.07 Å². The molecule has 0 aromatic heterocycles. The molecule has 1 fully saturated rings. The zero-order chi connectivity index (χ0) is 12.5. The minimum atomic E-state index is -3.59. The third-order valence-electron chi connectivity index (χ3n) is 2.86. The number of nitrogens with one attached hydrogen (secondary N) is 1. The molecular weight excluding hydrogens is 242 g/mol. The second-order valence-corrected chi connectivity index (χ2v) is 5.91. The van der Waals surface area contributed by atoms with E-state index < -0.39 is 15.6 Å². The van der Waals surface area contributed by atoms with Crippen molar-refractivity contribution in [2.45, 2.75) is 23.3 Å². The van der Waals surface area contributed by atoms with Crippen molar-refractivity contribution in [3.05, 3.63) is 24.3 Å². The summed E-state index contributed by atoms with van der Waals surface area (Å²) < 4.78 is 31.6. The zero-order valence-electron chi connectivity index (χ0n) is 9.51. The molecule has 94 valence electrons. The van der Waals surface area contributed by atoms with Crippen molar-refractivity contribution in [3.8, 4) is 5.75 Å². The van der Waals surface area contributed by atoms with Crippen LogP contribution >= 0.6 is 0 Å². The SMILES string of the molecule is COc1cccc(S(=O)(=O)NC2(CO)CC2)c1. The third kappa shape index (κ3) is 2.59. The lowest BCUT2D eigenvalue weighted by Gasteiger charge is -2.14. The maximum atomic E-state index is 12.0. The molecule has 2 N–H and O–H groups in total. The molecule has 1 aromatic rings. The van der Waals surface area contributed by atoms with E-state index in [1.165, 1.54) is 19.2 Å². The van der Waals surface area contributed by atoms with E-state index in [-0.39, 0.29) is 11.5 Å². The first-order chi connectivity index (χ1) is 8.01. The molecule has 0 aliphatic heterocycles. The molecule has 1 saturated carbocycles. The molecule has 1 aliphatic carbocycles. The number of methoxy groups -OCH3 is 1. The average molecular weight is 257 g/mol. The van der Waals surface area contributed by atoms with Crippen LogP contribution in [0.15, 0.2) is 29.2 Å². The Morgan fingerprint density at radius 2 is 2.18 bits per heavy atom. The van der Waals surface area contributed by atoms with Crippen LogP contribution in [0.2, 0.25) is 0 Å². The largest absolute Gasteiger partial charge is 0.497 e. The van der Waals surface area contributed by atoms with E-state index in [0.29, 0.717) is 18.6 Å². The van der Waals surface area contributed by atoms with Gasteiger partial charge in [-0.3, -0.25) is 0 Å². The summed E-state index contributed by atoms with van der Waals surface area (Å²) in [5.74, 6) is 0.488. The number of benzene rings is 1. The van der Waals surface area contributed by atoms with Crippen LogP contribution in [-0.2, 0) is 10.0 Å². The van der Waals surface area contributed by atoms with Crippen molar-refractivity contribution in [2.75, 3.05) is 13.7 Å². The highest BCUT2D eigenvalue weighted by Crippen LogP contribution is 2.36. The van der Waals surface area contributed by atoms with E-state index in [0.717, 1.165) is 0 Å². The predicted octanol–water partition coefficient (Wildman–Crippen LogP) is 0.498. The van der Waals surface area contributed by atoms with Crippen LogP contribution in [-0.4, -0.2) is 32.8 Å². The minimum Gasteiger partial charge on any atom is -0.497 e. The number of hydrogen-bond acceptors (Lipinski definition) is 4. The third-order valence-corrected chi connectivity index (χ3v) is 4.43. The van der Waals surface area contributed by atoms with Crippen molar-refractivity contribution in [1.29, 1.82) is 0 Å². The molecule has 0 spiro atoms. The summed E-state index contributed by atoms with van der Waals surface area (Å²) in [5, 5.41) is 9.12. The lowest BCUT2D eigenvalue weighted by Crippen LogP contribution is -2.39. The highest BCUT2D eigenvalue weighted by molar-refractivity contribution is 7.89. The Morgan fingerprint density at radius 3 is 2.71 bits per heavy atom. The normalized spacial score (nSPS) is 17.8. The van der Waals surface area contributed by atoms with Crippen molar-refractivity contribution in [3.63, 3.8) is 0 Å². The topological polar surface area (TPSA) is 75.6 Å². The molecule has 17 heavy (non-hydrogen) atoms. The van der Waals surface area contributed by atoms with Gasteiger partial charge in [-0.05, 0) is 25.0 Å².